The molecule has 0 fully saturated rings. The standard InChI is InChI=1S/C20H18F3N5O2/c1-26-30-17-6-11(8-24)2-3-14(17)19(25)18-15(4-5-16(18)29)28-13-7-12(9-27-10-13)20(21,22)23/h2-3,6-7,9-10,19,26,28H,4-5,25H2,1H3. The number of anilines is 1. The van der Waals surface area contributed by atoms with Gasteiger partial charge in [0.1, 0.15) is 0 Å². The van der Waals surface area contributed by atoms with Crippen molar-refractivity contribution in [2.75, 3.05) is 12.4 Å². The number of aromatic nitrogens is 1. The molecule has 7 nitrogen and oxygen atoms in total. The lowest BCUT2D eigenvalue weighted by Crippen LogP contribution is -2.22. The number of hydrogen-bond donors (Lipinski definition) is 3. The van der Waals surface area contributed by atoms with E-state index in [1.54, 1.807) is 12.1 Å². The topological polar surface area (TPSA) is 113 Å². The number of hydroxylamine groups is 1. The molecule has 156 valence electrons. The Morgan fingerprint density at radius 1 is 1.27 bits per heavy atom. The SMILES string of the molecule is CNOc1cc(C#N)ccc1C(N)C1=C(Nc2cncc(C(F)(F)F)c2)CCC1=O. The average molecular weight is 417 g/mol. The highest BCUT2D eigenvalue weighted by molar-refractivity contribution is 6.00. The number of nitrogens with two attached hydrogens (primary N) is 1. The van der Waals surface area contributed by atoms with Gasteiger partial charge in [-0.15, -0.1) is 0 Å². The summed E-state index contributed by atoms with van der Waals surface area (Å²) in [6.45, 7) is 0. The van der Waals surface area contributed by atoms with Crippen LogP contribution in [0.15, 0.2) is 47.9 Å². The van der Waals surface area contributed by atoms with Crippen molar-refractivity contribution in [3.05, 3.63) is 64.6 Å². The van der Waals surface area contributed by atoms with Crippen molar-refractivity contribution in [3.63, 3.8) is 0 Å². The van der Waals surface area contributed by atoms with E-state index in [1.165, 1.54) is 19.3 Å². The highest BCUT2D eigenvalue weighted by atomic mass is 19.4. The van der Waals surface area contributed by atoms with Gasteiger partial charge in [-0.1, -0.05) is 6.07 Å². The lowest BCUT2D eigenvalue weighted by molar-refractivity contribution is -0.137. The van der Waals surface area contributed by atoms with Crippen molar-refractivity contribution < 1.29 is 22.8 Å². The third kappa shape index (κ3) is 4.42. The van der Waals surface area contributed by atoms with Crippen LogP contribution in [-0.2, 0) is 11.0 Å². The van der Waals surface area contributed by atoms with Crippen LogP contribution in [0.25, 0.3) is 0 Å². The number of rotatable bonds is 6. The number of ketones is 1. The summed E-state index contributed by atoms with van der Waals surface area (Å²) in [6, 6.07) is 6.61. The van der Waals surface area contributed by atoms with Crippen molar-refractivity contribution in [2.24, 2.45) is 5.73 Å². The average Bonchev–Trinajstić information content (AvgIpc) is 3.07. The van der Waals surface area contributed by atoms with E-state index >= 15 is 0 Å². The molecule has 10 heteroatoms. The predicted octanol–water partition coefficient (Wildman–Crippen LogP) is 3.21. The Bertz CT molecular complexity index is 1040. The van der Waals surface area contributed by atoms with Crippen LogP contribution in [0.4, 0.5) is 18.9 Å². The molecule has 2 aromatic rings. The molecule has 0 spiro atoms. The number of halogens is 3. The maximum atomic E-state index is 13.0. The van der Waals surface area contributed by atoms with Crippen LogP contribution in [0.2, 0.25) is 0 Å². The number of allylic oxidation sites excluding steroid dienone is 1. The number of benzene rings is 1. The second-order valence-electron chi connectivity index (χ2n) is 6.55. The van der Waals surface area contributed by atoms with E-state index in [4.69, 9.17) is 15.8 Å². The van der Waals surface area contributed by atoms with Gasteiger partial charge >= 0.3 is 6.18 Å². The van der Waals surface area contributed by atoms with Gasteiger partial charge < -0.3 is 15.9 Å². The van der Waals surface area contributed by atoms with Crippen LogP contribution in [0.5, 0.6) is 5.75 Å². The van der Waals surface area contributed by atoms with Gasteiger partial charge in [0.25, 0.3) is 0 Å². The molecule has 1 unspecified atom stereocenters. The molecule has 4 N–H and O–H groups in total. The number of nitrogens with zero attached hydrogens (tertiary/aromatic N) is 2. The van der Waals surface area contributed by atoms with Crippen LogP contribution in [0.1, 0.15) is 35.6 Å². The summed E-state index contributed by atoms with van der Waals surface area (Å²) in [4.78, 5) is 21.5. The Morgan fingerprint density at radius 2 is 2.03 bits per heavy atom. The molecule has 1 aliphatic carbocycles. The molecule has 0 amide bonds. The molecule has 0 saturated heterocycles. The molecule has 1 aliphatic rings. The maximum Gasteiger partial charge on any atom is 0.417 e. The van der Waals surface area contributed by atoms with E-state index in [0.717, 1.165) is 12.3 Å². The Kier molecular flexibility index (Phi) is 6.05. The Morgan fingerprint density at radius 3 is 2.70 bits per heavy atom. The van der Waals surface area contributed by atoms with Crippen molar-refractivity contribution in [1.29, 1.82) is 5.26 Å². The first-order valence-electron chi connectivity index (χ1n) is 8.93. The molecular weight excluding hydrogens is 399 g/mol. The predicted molar refractivity (Wildman–Crippen MR) is 102 cm³/mol. The summed E-state index contributed by atoms with van der Waals surface area (Å²) in [5.41, 5.74) is 9.53. The summed E-state index contributed by atoms with van der Waals surface area (Å²) in [5, 5.41) is 11.9. The monoisotopic (exact) mass is 417 g/mol. The number of nitrogens with one attached hydrogen (secondary N) is 2. The maximum absolute atomic E-state index is 13.0. The molecule has 1 atom stereocenters. The van der Waals surface area contributed by atoms with Gasteiger partial charge in [0.05, 0.1) is 35.1 Å². The number of hydrogen-bond acceptors (Lipinski definition) is 7. The molecule has 0 saturated carbocycles. The van der Waals surface area contributed by atoms with Gasteiger partial charge in [0.2, 0.25) is 0 Å². The molecule has 30 heavy (non-hydrogen) atoms. The summed E-state index contributed by atoms with van der Waals surface area (Å²) in [6.07, 6.45) is -2.09. The highest BCUT2D eigenvalue weighted by Crippen LogP contribution is 2.37. The third-order valence-corrected chi connectivity index (χ3v) is 4.59. The first-order valence-corrected chi connectivity index (χ1v) is 8.93. The van der Waals surface area contributed by atoms with Crippen LogP contribution >= 0.6 is 0 Å². The van der Waals surface area contributed by atoms with E-state index < -0.39 is 17.8 Å². The molecule has 3 rings (SSSR count). The van der Waals surface area contributed by atoms with Gasteiger partial charge in [-0.25, -0.2) is 0 Å². The van der Waals surface area contributed by atoms with Crippen LogP contribution < -0.4 is 21.4 Å². The minimum Gasteiger partial charge on any atom is -0.409 e. The van der Waals surface area contributed by atoms with Gasteiger partial charge in [-0.2, -0.15) is 23.9 Å². The van der Waals surface area contributed by atoms with E-state index in [9.17, 15) is 18.0 Å². The molecule has 0 bridgehead atoms. The van der Waals surface area contributed by atoms with E-state index in [1.807, 2.05) is 6.07 Å². The quantitative estimate of drug-likeness (QED) is 0.619. The minimum atomic E-state index is -4.54. The summed E-state index contributed by atoms with van der Waals surface area (Å²) in [7, 11) is 1.53. The largest absolute Gasteiger partial charge is 0.417 e. The minimum absolute atomic E-state index is 0.103. The normalized spacial score (nSPS) is 15.1. The van der Waals surface area contributed by atoms with Gasteiger partial charge in [0.15, 0.2) is 11.5 Å². The third-order valence-electron chi connectivity index (χ3n) is 4.59. The van der Waals surface area contributed by atoms with Gasteiger partial charge in [0, 0.05) is 42.6 Å². The molecule has 1 aromatic heterocycles. The van der Waals surface area contributed by atoms with Crippen LogP contribution in [0.3, 0.4) is 0 Å². The number of pyridine rings is 1. The zero-order chi connectivity index (χ0) is 21.9. The summed E-state index contributed by atoms with van der Waals surface area (Å²) < 4.78 is 38.9. The van der Waals surface area contributed by atoms with Crippen LogP contribution in [-0.4, -0.2) is 17.8 Å². The molecule has 1 aromatic carbocycles. The van der Waals surface area contributed by atoms with Gasteiger partial charge in [-0.05, 0) is 18.6 Å². The lowest BCUT2D eigenvalue weighted by Gasteiger charge is -2.19. The highest BCUT2D eigenvalue weighted by Gasteiger charge is 2.33. The Labute approximate surface area is 170 Å². The zero-order valence-electron chi connectivity index (χ0n) is 15.9. The number of alkyl halides is 3. The number of Topliss-reactive ketones (excluding diaryl/α,β-unsaturated/α-hetero) is 1. The first-order chi connectivity index (χ1) is 14.2. The molecule has 0 radical (unpaired) electrons. The molecular formula is C20H18F3N5O2. The fourth-order valence-corrected chi connectivity index (χ4v) is 3.22. The lowest BCUT2D eigenvalue weighted by atomic mass is 9.95. The van der Waals surface area contributed by atoms with E-state index in [0.29, 0.717) is 23.2 Å². The second-order valence-corrected chi connectivity index (χ2v) is 6.55. The Hall–Kier alpha value is -3.42. The smallest absolute Gasteiger partial charge is 0.409 e. The number of nitriles is 1. The van der Waals surface area contributed by atoms with Crippen molar-refractivity contribution >= 4 is 11.5 Å². The number of carbonyl (C=O) groups excluding carboxylic acids is 1. The van der Waals surface area contributed by atoms with Gasteiger partial charge in [-0.3, -0.25) is 9.78 Å². The number of carbonyl (C=O) groups is 1. The van der Waals surface area contributed by atoms with Crippen molar-refractivity contribution in [3.8, 4) is 11.8 Å². The van der Waals surface area contributed by atoms with Crippen molar-refractivity contribution in [2.45, 2.75) is 25.1 Å². The van der Waals surface area contributed by atoms with Crippen LogP contribution in [0, 0.1) is 11.3 Å². The van der Waals surface area contributed by atoms with E-state index in [2.05, 4.69) is 15.8 Å². The second kappa shape index (κ2) is 8.52. The first kappa shape index (κ1) is 21.3. The fourth-order valence-electron chi connectivity index (χ4n) is 3.22. The van der Waals surface area contributed by atoms with Crippen molar-refractivity contribution in [1.82, 2.24) is 10.5 Å². The summed E-state index contributed by atoms with van der Waals surface area (Å²) in [5.74, 6) is 0.0565. The Balaban J connectivity index is 1.98. The molecule has 0 aliphatic heterocycles. The fraction of sp³-hybridized carbons (Fsp3) is 0.250. The summed E-state index contributed by atoms with van der Waals surface area (Å²) >= 11 is 0. The molecule has 1 heterocycles. The van der Waals surface area contributed by atoms with E-state index in [-0.39, 0.29) is 29.2 Å². The zero-order valence-corrected chi connectivity index (χ0v) is 15.9.